The number of hydrogen-bond donors (Lipinski definition) is 2. The number of rotatable bonds is 7. The van der Waals surface area contributed by atoms with Gasteiger partial charge in [0.25, 0.3) is 0 Å². The number of carbonyl (C=O) groups is 1. The Balaban J connectivity index is 1.52. The van der Waals surface area contributed by atoms with Crippen molar-refractivity contribution in [3.05, 3.63) is 66.0 Å². The molecule has 1 aliphatic heterocycles. The molecule has 1 saturated carbocycles. The molecule has 6 heteroatoms. The average Bonchev–Trinajstić information content (AvgIpc) is 2.82. The second-order valence-electron chi connectivity index (χ2n) is 8.61. The van der Waals surface area contributed by atoms with E-state index >= 15 is 0 Å². The highest BCUT2D eigenvalue weighted by molar-refractivity contribution is 5.95. The number of hydrogen-bond acceptors (Lipinski definition) is 4. The number of morpholine rings is 1. The number of nitrogens with zero attached hydrogens (tertiary/aromatic N) is 1. The van der Waals surface area contributed by atoms with Crippen LogP contribution in [0.5, 0.6) is 0 Å². The zero-order valence-electron chi connectivity index (χ0n) is 18.0. The number of benzene rings is 2. The molecule has 1 aliphatic carbocycles. The van der Waals surface area contributed by atoms with Crippen molar-refractivity contribution in [3.8, 4) is 0 Å². The SMILES string of the molecule is O=C(Nc1ccc(F)cc1)C(NCC1(N2CCOCC2)CCCCC1)c1ccccc1. The number of anilines is 1. The third kappa shape index (κ3) is 5.50. The summed E-state index contributed by atoms with van der Waals surface area (Å²) in [7, 11) is 0. The lowest BCUT2D eigenvalue weighted by atomic mass is 9.79. The molecule has 1 heterocycles. The highest BCUT2D eigenvalue weighted by Crippen LogP contribution is 2.34. The minimum absolute atomic E-state index is 0.0607. The van der Waals surface area contributed by atoms with E-state index in [1.165, 1.54) is 31.4 Å². The molecule has 0 spiro atoms. The number of halogens is 1. The topological polar surface area (TPSA) is 53.6 Å². The van der Waals surface area contributed by atoms with E-state index in [0.29, 0.717) is 5.69 Å². The van der Waals surface area contributed by atoms with Gasteiger partial charge >= 0.3 is 0 Å². The smallest absolute Gasteiger partial charge is 0.246 e. The van der Waals surface area contributed by atoms with E-state index in [2.05, 4.69) is 15.5 Å². The maximum absolute atomic E-state index is 13.3. The molecule has 1 unspecified atom stereocenters. The molecular weight excluding hydrogens is 393 g/mol. The van der Waals surface area contributed by atoms with Crippen LogP contribution in [-0.4, -0.2) is 49.2 Å². The number of amides is 1. The lowest BCUT2D eigenvalue weighted by Crippen LogP contribution is -2.59. The van der Waals surface area contributed by atoms with Gasteiger partial charge in [-0.15, -0.1) is 0 Å². The van der Waals surface area contributed by atoms with Gasteiger partial charge in [-0.25, -0.2) is 4.39 Å². The van der Waals surface area contributed by atoms with Crippen LogP contribution in [0.4, 0.5) is 10.1 Å². The first kappa shape index (κ1) is 21.9. The van der Waals surface area contributed by atoms with Crippen LogP contribution < -0.4 is 10.6 Å². The average molecular weight is 426 g/mol. The van der Waals surface area contributed by atoms with Crippen LogP contribution >= 0.6 is 0 Å². The first-order chi connectivity index (χ1) is 15.2. The highest BCUT2D eigenvalue weighted by Gasteiger charge is 2.39. The van der Waals surface area contributed by atoms with Crippen LogP contribution in [0.25, 0.3) is 0 Å². The Bertz CT molecular complexity index is 832. The predicted octanol–water partition coefficient (Wildman–Crippen LogP) is 4.13. The molecule has 166 valence electrons. The molecule has 1 saturated heterocycles. The van der Waals surface area contributed by atoms with E-state index in [4.69, 9.17) is 4.74 Å². The zero-order valence-corrected chi connectivity index (χ0v) is 18.0. The maximum Gasteiger partial charge on any atom is 0.246 e. The van der Waals surface area contributed by atoms with Gasteiger partial charge < -0.3 is 15.4 Å². The van der Waals surface area contributed by atoms with Crippen molar-refractivity contribution in [1.29, 1.82) is 0 Å². The summed E-state index contributed by atoms with van der Waals surface area (Å²) in [4.78, 5) is 15.8. The minimum Gasteiger partial charge on any atom is -0.379 e. The normalized spacial score (nSPS) is 20.2. The molecule has 1 atom stereocenters. The molecule has 4 rings (SSSR count). The summed E-state index contributed by atoms with van der Waals surface area (Å²) in [5.41, 5.74) is 1.58. The second kappa shape index (κ2) is 10.4. The first-order valence-corrected chi connectivity index (χ1v) is 11.3. The van der Waals surface area contributed by atoms with Crippen LogP contribution in [0, 0.1) is 5.82 Å². The molecule has 2 aromatic rings. The third-order valence-electron chi connectivity index (χ3n) is 6.61. The Morgan fingerprint density at radius 2 is 1.68 bits per heavy atom. The molecule has 2 aromatic carbocycles. The van der Waals surface area contributed by atoms with E-state index in [1.807, 2.05) is 30.3 Å². The number of ether oxygens (including phenoxy) is 1. The minimum atomic E-state index is -0.480. The Morgan fingerprint density at radius 1 is 1.00 bits per heavy atom. The standard InChI is InChI=1S/C25H32FN3O2/c26-21-9-11-22(12-10-21)28-24(30)23(20-7-3-1-4-8-20)27-19-25(13-5-2-6-14-25)29-15-17-31-18-16-29/h1,3-4,7-12,23,27H,2,5-6,13-19H2,(H,28,30). The largest absolute Gasteiger partial charge is 0.379 e. The molecule has 2 N–H and O–H groups in total. The fourth-order valence-electron chi connectivity index (χ4n) is 4.90. The molecule has 31 heavy (non-hydrogen) atoms. The van der Waals surface area contributed by atoms with Gasteiger partial charge in [0, 0.05) is 30.9 Å². The summed E-state index contributed by atoms with van der Waals surface area (Å²) in [5, 5.41) is 6.55. The number of carbonyl (C=O) groups excluding carboxylic acids is 1. The van der Waals surface area contributed by atoms with Gasteiger partial charge in [0.1, 0.15) is 11.9 Å². The van der Waals surface area contributed by atoms with E-state index in [1.54, 1.807) is 12.1 Å². The van der Waals surface area contributed by atoms with Gasteiger partial charge in [0.2, 0.25) is 5.91 Å². The van der Waals surface area contributed by atoms with Crippen molar-refractivity contribution in [3.63, 3.8) is 0 Å². The van der Waals surface area contributed by atoms with Gasteiger partial charge in [0.05, 0.1) is 13.2 Å². The molecule has 0 radical (unpaired) electrons. The summed E-state index contributed by atoms with van der Waals surface area (Å²) >= 11 is 0. The van der Waals surface area contributed by atoms with Crippen LogP contribution in [0.3, 0.4) is 0 Å². The zero-order chi connectivity index (χ0) is 21.5. The van der Waals surface area contributed by atoms with Crippen LogP contribution in [0.15, 0.2) is 54.6 Å². The first-order valence-electron chi connectivity index (χ1n) is 11.3. The Hall–Kier alpha value is -2.28. The van der Waals surface area contributed by atoms with Crippen molar-refractivity contribution in [2.24, 2.45) is 0 Å². The highest BCUT2D eigenvalue weighted by atomic mass is 19.1. The maximum atomic E-state index is 13.3. The van der Waals surface area contributed by atoms with Crippen LogP contribution in [0.1, 0.15) is 43.7 Å². The van der Waals surface area contributed by atoms with E-state index in [-0.39, 0.29) is 17.3 Å². The van der Waals surface area contributed by atoms with E-state index in [9.17, 15) is 9.18 Å². The lowest BCUT2D eigenvalue weighted by Gasteiger charge is -2.48. The molecule has 1 amide bonds. The Labute approximate surface area is 184 Å². The molecule has 0 aromatic heterocycles. The van der Waals surface area contributed by atoms with Crippen molar-refractivity contribution in [1.82, 2.24) is 10.2 Å². The summed E-state index contributed by atoms with van der Waals surface area (Å²) < 4.78 is 18.8. The quantitative estimate of drug-likeness (QED) is 0.700. The monoisotopic (exact) mass is 425 g/mol. The van der Waals surface area contributed by atoms with E-state index < -0.39 is 6.04 Å². The number of nitrogens with one attached hydrogen (secondary N) is 2. The van der Waals surface area contributed by atoms with E-state index in [0.717, 1.165) is 51.3 Å². The van der Waals surface area contributed by atoms with Gasteiger partial charge in [-0.1, -0.05) is 49.6 Å². The van der Waals surface area contributed by atoms with Crippen molar-refractivity contribution in [2.45, 2.75) is 43.7 Å². The Morgan fingerprint density at radius 3 is 2.35 bits per heavy atom. The molecule has 2 fully saturated rings. The van der Waals surface area contributed by atoms with Crippen LogP contribution in [-0.2, 0) is 9.53 Å². The van der Waals surface area contributed by atoms with Gasteiger partial charge in [-0.2, -0.15) is 0 Å². The molecule has 5 nitrogen and oxygen atoms in total. The second-order valence-corrected chi connectivity index (χ2v) is 8.61. The van der Waals surface area contributed by atoms with Gasteiger partial charge in [-0.05, 0) is 42.7 Å². The van der Waals surface area contributed by atoms with Crippen molar-refractivity contribution < 1.29 is 13.9 Å². The molecule has 0 bridgehead atoms. The van der Waals surface area contributed by atoms with Crippen molar-refractivity contribution >= 4 is 11.6 Å². The summed E-state index contributed by atoms with van der Waals surface area (Å²) in [6.07, 6.45) is 6.00. The lowest BCUT2D eigenvalue weighted by molar-refractivity contribution is -0.118. The molecular formula is C25H32FN3O2. The summed E-state index contributed by atoms with van der Waals surface area (Å²) in [6, 6.07) is 15.2. The predicted molar refractivity (Wildman–Crippen MR) is 120 cm³/mol. The van der Waals surface area contributed by atoms with Crippen molar-refractivity contribution in [2.75, 3.05) is 38.2 Å². The van der Waals surface area contributed by atoms with Crippen LogP contribution in [0.2, 0.25) is 0 Å². The summed E-state index contributed by atoms with van der Waals surface area (Å²) in [6.45, 7) is 4.19. The molecule has 2 aliphatic rings. The van der Waals surface area contributed by atoms with Gasteiger partial charge in [0.15, 0.2) is 0 Å². The fraction of sp³-hybridized carbons (Fsp3) is 0.480. The fourth-order valence-corrected chi connectivity index (χ4v) is 4.90. The van der Waals surface area contributed by atoms with Gasteiger partial charge in [-0.3, -0.25) is 9.69 Å². The third-order valence-corrected chi connectivity index (χ3v) is 6.61. The Kier molecular flexibility index (Phi) is 7.33. The summed E-state index contributed by atoms with van der Waals surface area (Å²) in [5.74, 6) is -0.453.